The van der Waals surface area contributed by atoms with E-state index < -0.39 is 0 Å². The van der Waals surface area contributed by atoms with Crippen LogP contribution in [0.2, 0.25) is 0 Å². The minimum absolute atomic E-state index is 0.0536. The number of rotatable bonds is 7. The summed E-state index contributed by atoms with van der Waals surface area (Å²) in [7, 11) is 0. The highest BCUT2D eigenvalue weighted by molar-refractivity contribution is 8.15. The van der Waals surface area contributed by atoms with Crippen LogP contribution in [0, 0.1) is 5.82 Å². The van der Waals surface area contributed by atoms with Crippen molar-refractivity contribution >= 4 is 40.4 Å². The molecular formula is C19H20FN3OS2. The van der Waals surface area contributed by atoms with E-state index in [0.29, 0.717) is 11.7 Å². The molecule has 7 heteroatoms. The Morgan fingerprint density at radius 3 is 2.77 bits per heavy atom. The Morgan fingerprint density at radius 1 is 1.27 bits per heavy atom. The van der Waals surface area contributed by atoms with Crippen LogP contribution in [-0.4, -0.2) is 27.4 Å². The maximum Gasteiger partial charge on any atom is 0.242 e. The number of amides is 1. The molecule has 0 aliphatic carbocycles. The Morgan fingerprint density at radius 2 is 2.08 bits per heavy atom. The highest BCUT2D eigenvalue weighted by Crippen LogP contribution is 2.32. The molecule has 4 nitrogen and oxygen atoms in total. The summed E-state index contributed by atoms with van der Waals surface area (Å²) in [5.41, 5.74) is 0.867. The topological polar surface area (TPSA) is 45.0 Å². The molecule has 2 heterocycles. The zero-order chi connectivity index (χ0) is 18.4. The molecule has 1 aliphatic heterocycles. The first-order valence-electron chi connectivity index (χ1n) is 8.54. The molecule has 3 rings (SSSR count). The molecule has 136 valence electrons. The van der Waals surface area contributed by atoms with Crippen molar-refractivity contribution in [1.29, 1.82) is 0 Å². The fraction of sp³-hybridized carbons (Fsp3) is 0.316. The summed E-state index contributed by atoms with van der Waals surface area (Å²) in [4.78, 5) is 15.5. The first-order valence-corrected chi connectivity index (χ1v) is 10.3. The average molecular weight is 390 g/mol. The largest absolute Gasteiger partial charge is 0.284 e. The first kappa shape index (κ1) is 18.8. The lowest BCUT2D eigenvalue weighted by Crippen LogP contribution is -2.31. The molecule has 2 aromatic rings. The van der Waals surface area contributed by atoms with Gasteiger partial charge in [-0.2, -0.15) is 5.10 Å². The number of thiophene rings is 1. The molecule has 0 saturated carbocycles. The minimum Gasteiger partial charge on any atom is -0.284 e. The van der Waals surface area contributed by atoms with Gasteiger partial charge in [-0.1, -0.05) is 49.7 Å². The van der Waals surface area contributed by atoms with Gasteiger partial charge in [-0.25, -0.2) is 4.39 Å². The van der Waals surface area contributed by atoms with Crippen LogP contribution in [0.25, 0.3) is 0 Å². The second kappa shape index (κ2) is 9.09. The van der Waals surface area contributed by atoms with Crippen molar-refractivity contribution in [3.05, 3.63) is 58.0 Å². The van der Waals surface area contributed by atoms with Gasteiger partial charge in [0, 0.05) is 4.88 Å². The second-order valence-electron chi connectivity index (χ2n) is 5.94. The molecule has 1 aromatic heterocycles. The number of amidine groups is 1. The third-order valence-corrected chi connectivity index (χ3v) is 6.01. The lowest BCUT2D eigenvalue weighted by atomic mass is 10.1. The summed E-state index contributed by atoms with van der Waals surface area (Å²) in [5, 5.41) is 10.9. The molecule has 1 aliphatic rings. The van der Waals surface area contributed by atoms with Crippen molar-refractivity contribution in [2.75, 3.05) is 0 Å². The molecular weight excluding hydrogens is 369 g/mol. The molecule has 0 spiro atoms. The SMILES string of the molecule is CCCC[C@@H]1S/C(=N\N=C/c2cccs2)N(Cc2ccc(F)cc2)C1=O. The van der Waals surface area contributed by atoms with E-state index in [4.69, 9.17) is 0 Å². The number of unbranched alkanes of at least 4 members (excludes halogenated alkanes) is 1. The molecule has 0 radical (unpaired) electrons. The van der Waals surface area contributed by atoms with Gasteiger partial charge in [0.25, 0.3) is 0 Å². The van der Waals surface area contributed by atoms with E-state index in [1.54, 1.807) is 34.6 Å². The Balaban J connectivity index is 1.78. The second-order valence-corrected chi connectivity index (χ2v) is 8.09. The van der Waals surface area contributed by atoms with Gasteiger partial charge in [0.1, 0.15) is 5.82 Å². The van der Waals surface area contributed by atoms with E-state index >= 15 is 0 Å². The van der Waals surface area contributed by atoms with E-state index in [2.05, 4.69) is 17.1 Å². The van der Waals surface area contributed by atoms with Crippen molar-refractivity contribution < 1.29 is 9.18 Å². The van der Waals surface area contributed by atoms with Crippen molar-refractivity contribution in [3.8, 4) is 0 Å². The molecule has 0 unspecified atom stereocenters. The average Bonchev–Trinajstić information content (AvgIpc) is 3.25. The molecule has 1 fully saturated rings. The zero-order valence-corrected chi connectivity index (χ0v) is 16.1. The lowest BCUT2D eigenvalue weighted by molar-refractivity contribution is -0.126. The number of thioether (sulfide) groups is 1. The Hall–Kier alpha value is -1.99. The number of carbonyl (C=O) groups excluding carboxylic acids is 1. The summed E-state index contributed by atoms with van der Waals surface area (Å²) in [6.07, 6.45) is 4.57. The summed E-state index contributed by atoms with van der Waals surface area (Å²) in [5.74, 6) is -0.232. The van der Waals surface area contributed by atoms with Gasteiger partial charge in [0.15, 0.2) is 5.17 Å². The van der Waals surface area contributed by atoms with Gasteiger partial charge in [0.2, 0.25) is 5.91 Å². The predicted octanol–water partition coefficient (Wildman–Crippen LogP) is 4.91. The summed E-state index contributed by atoms with van der Waals surface area (Å²) >= 11 is 3.05. The zero-order valence-electron chi connectivity index (χ0n) is 14.5. The van der Waals surface area contributed by atoms with Crippen molar-refractivity contribution in [2.24, 2.45) is 10.2 Å². The van der Waals surface area contributed by atoms with Crippen LogP contribution < -0.4 is 0 Å². The van der Waals surface area contributed by atoms with Gasteiger partial charge in [-0.3, -0.25) is 9.69 Å². The fourth-order valence-electron chi connectivity index (χ4n) is 2.58. The number of hydrogen-bond donors (Lipinski definition) is 0. The van der Waals surface area contributed by atoms with Crippen molar-refractivity contribution in [1.82, 2.24) is 4.90 Å². The summed E-state index contributed by atoms with van der Waals surface area (Å²) < 4.78 is 13.1. The van der Waals surface area contributed by atoms with Gasteiger partial charge in [-0.15, -0.1) is 16.4 Å². The minimum atomic E-state index is -0.286. The summed E-state index contributed by atoms with van der Waals surface area (Å²) in [6.45, 7) is 2.49. The van der Waals surface area contributed by atoms with Gasteiger partial charge >= 0.3 is 0 Å². The normalized spacial score (nSPS) is 19.2. The van der Waals surface area contributed by atoms with Crippen LogP contribution in [0.3, 0.4) is 0 Å². The van der Waals surface area contributed by atoms with Crippen LogP contribution in [0.4, 0.5) is 4.39 Å². The maximum absolute atomic E-state index is 13.1. The number of nitrogens with zero attached hydrogens (tertiary/aromatic N) is 3. The van der Waals surface area contributed by atoms with Crippen molar-refractivity contribution in [2.45, 2.75) is 38.0 Å². The number of benzene rings is 1. The summed E-state index contributed by atoms with van der Waals surface area (Å²) in [6, 6.07) is 10.1. The molecule has 1 saturated heterocycles. The molecule has 0 N–H and O–H groups in total. The molecule has 26 heavy (non-hydrogen) atoms. The van der Waals surface area contributed by atoms with Crippen LogP contribution >= 0.6 is 23.1 Å². The van der Waals surface area contributed by atoms with E-state index in [1.807, 2.05) is 17.5 Å². The molecule has 1 atom stereocenters. The standard InChI is InChI=1S/C19H20FN3OS2/c1-2-3-6-17-18(24)23(13-14-7-9-15(20)10-8-14)19(26-17)22-21-12-16-5-4-11-25-16/h4-5,7-12,17H,2-3,6,13H2,1H3/b21-12-,22-19-/t17-/m0/s1. The van der Waals surface area contributed by atoms with Crippen LogP contribution in [0.5, 0.6) is 0 Å². The number of halogens is 1. The van der Waals surface area contributed by atoms with Crippen LogP contribution in [-0.2, 0) is 11.3 Å². The predicted molar refractivity (Wildman–Crippen MR) is 107 cm³/mol. The first-order chi connectivity index (χ1) is 12.7. The van der Waals surface area contributed by atoms with Crippen molar-refractivity contribution in [3.63, 3.8) is 0 Å². The lowest BCUT2D eigenvalue weighted by Gasteiger charge is -2.15. The number of hydrogen-bond acceptors (Lipinski definition) is 5. The molecule has 1 amide bonds. The highest BCUT2D eigenvalue weighted by Gasteiger charge is 2.37. The van der Waals surface area contributed by atoms with E-state index in [0.717, 1.165) is 29.7 Å². The van der Waals surface area contributed by atoms with Gasteiger partial charge in [-0.05, 0) is 35.6 Å². The fourth-order valence-corrected chi connectivity index (χ4v) is 4.30. The maximum atomic E-state index is 13.1. The molecule has 0 bridgehead atoms. The van der Waals surface area contributed by atoms with E-state index in [1.165, 1.54) is 23.9 Å². The smallest absolute Gasteiger partial charge is 0.242 e. The molecule has 1 aromatic carbocycles. The Kier molecular flexibility index (Phi) is 6.57. The van der Waals surface area contributed by atoms with Gasteiger partial charge in [0.05, 0.1) is 18.0 Å². The monoisotopic (exact) mass is 389 g/mol. The van der Waals surface area contributed by atoms with Gasteiger partial charge < -0.3 is 0 Å². The van der Waals surface area contributed by atoms with Crippen LogP contribution in [0.1, 0.15) is 36.6 Å². The van der Waals surface area contributed by atoms with E-state index in [9.17, 15) is 9.18 Å². The third kappa shape index (κ3) is 4.80. The third-order valence-electron chi connectivity index (χ3n) is 3.97. The Labute approximate surface area is 160 Å². The number of carbonyl (C=O) groups is 1. The highest BCUT2D eigenvalue weighted by atomic mass is 32.2. The quantitative estimate of drug-likeness (QED) is 0.499. The van der Waals surface area contributed by atoms with Crippen LogP contribution in [0.15, 0.2) is 52.0 Å². The van der Waals surface area contributed by atoms with E-state index in [-0.39, 0.29) is 17.0 Å². The Bertz CT molecular complexity index is 788.